The van der Waals surface area contributed by atoms with Crippen molar-refractivity contribution in [2.24, 2.45) is 0 Å². The number of amides is 1. The zero-order valence-electron chi connectivity index (χ0n) is 15.0. The fourth-order valence-corrected chi connectivity index (χ4v) is 4.79. The van der Waals surface area contributed by atoms with E-state index >= 15 is 0 Å². The van der Waals surface area contributed by atoms with E-state index in [0.717, 1.165) is 28.4 Å². The Hall–Kier alpha value is -3.37. The van der Waals surface area contributed by atoms with Crippen LogP contribution >= 0.6 is 23.1 Å². The number of carbonyl (C=O) groups excluding carboxylic acids is 1. The minimum absolute atomic E-state index is 0.110. The topological polar surface area (TPSA) is 85.1 Å². The van der Waals surface area contributed by atoms with E-state index in [4.69, 9.17) is 0 Å². The Kier molecular flexibility index (Phi) is 5.42. The van der Waals surface area contributed by atoms with Crippen molar-refractivity contribution < 1.29 is 18.5 Å². The second-order valence-corrected chi connectivity index (χ2v) is 8.46. The number of nitrogens with one attached hydrogen (secondary N) is 1. The first-order chi connectivity index (χ1) is 14.4. The van der Waals surface area contributed by atoms with E-state index in [-0.39, 0.29) is 16.9 Å². The summed E-state index contributed by atoms with van der Waals surface area (Å²) in [5.41, 5.74) is 0.646. The van der Waals surface area contributed by atoms with E-state index in [0.29, 0.717) is 9.24 Å². The van der Waals surface area contributed by atoms with E-state index in [9.17, 15) is 23.7 Å². The molecule has 0 aliphatic carbocycles. The summed E-state index contributed by atoms with van der Waals surface area (Å²) in [6.07, 6.45) is 0. The van der Waals surface area contributed by atoms with E-state index in [1.807, 2.05) is 24.3 Å². The summed E-state index contributed by atoms with van der Waals surface area (Å²) in [7, 11) is 0. The van der Waals surface area contributed by atoms with E-state index < -0.39 is 22.5 Å². The van der Waals surface area contributed by atoms with Gasteiger partial charge < -0.3 is 5.32 Å². The zero-order chi connectivity index (χ0) is 21.3. The minimum atomic E-state index is -1.16. The molecule has 1 aromatic heterocycles. The molecule has 4 rings (SSSR count). The van der Waals surface area contributed by atoms with Crippen LogP contribution in [0.5, 0.6) is 0 Å². The monoisotopic (exact) mass is 443 g/mol. The highest BCUT2D eigenvalue weighted by Crippen LogP contribution is 2.37. The third-order valence-corrected chi connectivity index (χ3v) is 6.09. The number of benzene rings is 3. The van der Waals surface area contributed by atoms with Crippen molar-refractivity contribution >= 4 is 50.6 Å². The van der Waals surface area contributed by atoms with Crippen molar-refractivity contribution in [3.05, 3.63) is 88.0 Å². The van der Waals surface area contributed by atoms with Gasteiger partial charge in [0.1, 0.15) is 0 Å². The lowest BCUT2D eigenvalue weighted by Gasteiger charge is -2.08. The van der Waals surface area contributed by atoms with Gasteiger partial charge in [-0.3, -0.25) is 14.9 Å². The lowest BCUT2D eigenvalue weighted by atomic mass is 10.2. The number of hydrogen-bond acceptors (Lipinski definition) is 6. The molecule has 4 aromatic rings. The maximum Gasteiger partial charge on any atom is 0.272 e. The van der Waals surface area contributed by atoms with Crippen LogP contribution in [0, 0.1) is 21.7 Å². The Bertz CT molecular complexity index is 1260. The highest BCUT2D eigenvalue weighted by molar-refractivity contribution is 8.01. The second-order valence-electron chi connectivity index (χ2n) is 6.11. The van der Waals surface area contributed by atoms with Crippen LogP contribution < -0.4 is 5.32 Å². The molecule has 0 saturated heterocycles. The van der Waals surface area contributed by atoms with Crippen LogP contribution in [0.2, 0.25) is 0 Å². The fourth-order valence-electron chi connectivity index (χ4n) is 2.66. The number of non-ortho nitro benzene ring substituents is 1. The molecular formula is C20H11F2N3O3S2. The maximum absolute atomic E-state index is 13.4. The molecule has 0 aliphatic rings. The summed E-state index contributed by atoms with van der Waals surface area (Å²) >= 11 is 2.67. The van der Waals surface area contributed by atoms with E-state index in [2.05, 4.69) is 10.3 Å². The minimum Gasteiger partial charge on any atom is -0.322 e. The highest BCUT2D eigenvalue weighted by Gasteiger charge is 2.16. The normalized spacial score (nSPS) is 10.9. The molecule has 6 nitrogen and oxygen atoms in total. The third kappa shape index (κ3) is 4.29. The Morgan fingerprint density at radius 2 is 1.87 bits per heavy atom. The summed E-state index contributed by atoms with van der Waals surface area (Å²) in [6, 6.07) is 14.4. The Labute approximate surface area is 176 Å². The van der Waals surface area contributed by atoms with E-state index in [1.54, 1.807) is 6.07 Å². The van der Waals surface area contributed by atoms with Crippen LogP contribution in [0.4, 0.5) is 20.2 Å². The number of fused-ring (bicyclic) bond motifs is 1. The highest BCUT2D eigenvalue weighted by atomic mass is 32.2. The Balaban J connectivity index is 1.62. The number of rotatable bonds is 5. The van der Waals surface area contributed by atoms with Gasteiger partial charge in [0.05, 0.1) is 15.1 Å². The molecule has 150 valence electrons. The molecule has 0 bridgehead atoms. The Morgan fingerprint density at radius 1 is 1.07 bits per heavy atom. The van der Waals surface area contributed by atoms with Gasteiger partial charge in [0.2, 0.25) is 0 Å². The SMILES string of the molecule is O=C(Nc1cc(Sc2nc3ccccc3s2)cc([N+](=O)[O-])c1)c1ccc(F)c(F)c1. The maximum atomic E-state index is 13.4. The first-order valence-electron chi connectivity index (χ1n) is 8.48. The van der Waals surface area contributed by atoms with Crippen molar-refractivity contribution in [3.8, 4) is 0 Å². The first-order valence-corrected chi connectivity index (χ1v) is 10.1. The van der Waals surface area contributed by atoms with Gasteiger partial charge in [-0.2, -0.15) is 0 Å². The molecule has 30 heavy (non-hydrogen) atoms. The van der Waals surface area contributed by atoms with Gasteiger partial charge in [0.15, 0.2) is 16.0 Å². The zero-order valence-corrected chi connectivity index (χ0v) is 16.6. The fraction of sp³-hybridized carbons (Fsp3) is 0. The quantitative estimate of drug-likeness (QED) is 0.307. The molecule has 0 radical (unpaired) electrons. The van der Waals surface area contributed by atoms with Crippen LogP contribution in [0.1, 0.15) is 10.4 Å². The number of carbonyl (C=O) groups is 1. The van der Waals surface area contributed by atoms with Crippen LogP contribution in [0.3, 0.4) is 0 Å². The van der Waals surface area contributed by atoms with Crippen LogP contribution in [-0.4, -0.2) is 15.8 Å². The lowest BCUT2D eigenvalue weighted by Crippen LogP contribution is -2.12. The van der Waals surface area contributed by atoms with Crippen molar-refractivity contribution in [1.29, 1.82) is 0 Å². The summed E-state index contributed by atoms with van der Waals surface area (Å²) in [5, 5.41) is 13.8. The van der Waals surface area contributed by atoms with Gasteiger partial charge in [0.25, 0.3) is 11.6 Å². The van der Waals surface area contributed by atoms with Gasteiger partial charge in [-0.15, -0.1) is 11.3 Å². The molecule has 0 unspecified atom stereocenters. The predicted molar refractivity (Wildman–Crippen MR) is 111 cm³/mol. The summed E-state index contributed by atoms with van der Waals surface area (Å²) in [6.45, 7) is 0. The molecule has 0 atom stereocenters. The molecule has 3 aromatic carbocycles. The number of nitro benzene ring substituents is 1. The Morgan fingerprint density at radius 3 is 2.60 bits per heavy atom. The molecule has 1 heterocycles. The second kappa shape index (κ2) is 8.17. The third-order valence-electron chi connectivity index (χ3n) is 4.02. The molecule has 0 fully saturated rings. The van der Waals surface area contributed by atoms with Crippen LogP contribution in [-0.2, 0) is 0 Å². The van der Waals surface area contributed by atoms with Crippen LogP contribution in [0.15, 0.2) is 69.9 Å². The number of thiazole rings is 1. The molecule has 10 heteroatoms. The smallest absolute Gasteiger partial charge is 0.272 e. The number of nitro groups is 1. The molecule has 0 spiro atoms. The van der Waals surface area contributed by atoms with E-state index in [1.165, 1.54) is 35.2 Å². The van der Waals surface area contributed by atoms with Gasteiger partial charge >= 0.3 is 0 Å². The average molecular weight is 443 g/mol. The lowest BCUT2D eigenvalue weighted by molar-refractivity contribution is -0.385. The van der Waals surface area contributed by atoms with Gasteiger partial charge in [-0.1, -0.05) is 23.9 Å². The van der Waals surface area contributed by atoms with Crippen LogP contribution in [0.25, 0.3) is 10.2 Å². The van der Waals surface area contributed by atoms with Gasteiger partial charge in [-0.25, -0.2) is 13.8 Å². The van der Waals surface area contributed by atoms with Crippen molar-refractivity contribution in [2.75, 3.05) is 5.32 Å². The number of anilines is 1. The molecule has 0 aliphatic heterocycles. The molecule has 1 N–H and O–H groups in total. The number of para-hydroxylation sites is 1. The number of aromatic nitrogens is 1. The number of hydrogen-bond donors (Lipinski definition) is 1. The number of halogens is 2. The summed E-state index contributed by atoms with van der Waals surface area (Å²) in [4.78, 5) is 28.1. The van der Waals surface area contributed by atoms with Gasteiger partial charge in [-0.05, 0) is 36.4 Å². The summed E-state index contributed by atoms with van der Waals surface area (Å²) < 4.78 is 28.1. The van der Waals surface area contributed by atoms with Gasteiger partial charge in [0, 0.05) is 28.3 Å². The molecule has 1 amide bonds. The average Bonchev–Trinajstić information content (AvgIpc) is 3.12. The molecular weight excluding hydrogens is 432 g/mol. The van der Waals surface area contributed by atoms with Crippen molar-refractivity contribution in [1.82, 2.24) is 4.98 Å². The van der Waals surface area contributed by atoms with Crippen molar-refractivity contribution in [2.45, 2.75) is 9.24 Å². The predicted octanol–water partition coefficient (Wildman–Crippen LogP) is 5.89. The number of nitrogens with zero attached hydrogens (tertiary/aromatic N) is 2. The first kappa shape index (κ1) is 19.9. The van der Waals surface area contributed by atoms with Crippen molar-refractivity contribution in [3.63, 3.8) is 0 Å². The molecule has 0 saturated carbocycles. The summed E-state index contributed by atoms with van der Waals surface area (Å²) in [5.74, 6) is -2.95. The largest absolute Gasteiger partial charge is 0.322 e. The standard InChI is InChI=1S/C20H11F2N3O3S2/c21-15-6-5-11(7-16(15)22)19(26)23-12-8-13(25(27)28)10-14(9-12)29-20-24-17-3-1-2-4-18(17)30-20/h1-10H,(H,23,26).